The molecule has 0 saturated heterocycles. The van der Waals surface area contributed by atoms with Crippen LogP contribution in [0, 0.1) is 6.92 Å². The summed E-state index contributed by atoms with van der Waals surface area (Å²) in [7, 11) is 1.70. The predicted molar refractivity (Wildman–Crippen MR) is 75.5 cm³/mol. The van der Waals surface area contributed by atoms with E-state index in [4.69, 9.17) is 16.3 Å². The second kappa shape index (κ2) is 6.90. The van der Waals surface area contributed by atoms with Crippen LogP contribution in [0.15, 0.2) is 0 Å². The van der Waals surface area contributed by atoms with Crippen molar-refractivity contribution in [3.63, 3.8) is 0 Å². The number of rotatable bonds is 6. The van der Waals surface area contributed by atoms with E-state index in [0.29, 0.717) is 17.8 Å². The normalized spacial score (nSPS) is 11.1. The van der Waals surface area contributed by atoms with Gasteiger partial charge >= 0.3 is 0 Å². The fraction of sp³-hybridized carbons (Fsp3) is 0.692. The second-order valence-corrected chi connectivity index (χ2v) is 4.87. The number of halogens is 1. The maximum Gasteiger partial charge on any atom is 0.137 e. The Morgan fingerprint density at radius 3 is 2.50 bits per heavy atom. The summed E-state index contributed by atoms with van der Waals surface area (Å²) in [6.07, 6.45) is 0.781. The van der Waals surface area contributed by atoms with Crippen molar-refractivity contribution >= 4 is 17.4 Å². The molecule has 0 bridgehead atoms. The summed E-state index contributed by atoms with van der Waals surface area (Å²) < 4.78 is 5.15. The Balaban J connectivity index is 3.13. The summed E-state index contributed by atoms with van der Waals surface area (Å²) in [6, 6.07) is 0.342. The molecule has 0 atom stereocenters. The number of aryl methyl sites for hydroxylation is 1. The molecule has 0 aromatic carbocycles. The fourth-order valence-electron chi connectivity index (χ4n) is 1.76. The number of nitrogens with zero attached hydrogens (tertiary/aromatic N) is 3. The van der Waals surface area contributed by atoms with Gasteiger partial charge in [0.15, 0.2) is 0 Å². The highest BCUT2D eigenvalue weighted by molar-refractivity contribution is 6.30. The zero-order valence-electron chi connectivity index (χ0n) is 11.8. The molecule has 1 heterocycles. The van der Waals surface area contributed by atoms with Crippen LogP contribution in [0.25, 0.3) is 0 Å². The van der Waals surface area contributed by atoms with E-state index in [9.17, 15) is 0 Å². The Bertz CT molecular complexity index is 396. The minimum absolute atomic E-state index is 0.342. The SMILES string of the molecule is CCc1nc(Cl)c(C)c(N(CCOC)C(C)C)n1. The Hall–Kier alpha value is -0.870. The van der Waals surface area contributed by atoms with Crippen LogP contribution in [0.1, 0.15) is 32.2 Å². The summed E-state index contributed by atoms with van der Waals surface area (Å²) in [4.78, 5) is 11.1. The highest BCUT2D eigenvalue weighted by atomic mass is 35.5. The van der Waals surface area contributed by atoms with Crippen LogP contribution in [0.4, 0.5) is 5.82 Å². The van der Waals surface area contributed by atoms with Gasteiger partial charge in [0.1, 0.15) is 16.8 Å². The first kappa shape index (κ1) is 15.2. The Morgan fingerprint density at radius 1 is 1.33 bits per heavy atom. The van der Waals surface area contributed by atoms with E-state index in [1.165, 1.54) is 0 Å². The van der Waals surface area contributed by atoms with Crippen LogP contribution in [-0.4, -0.2) is 36.3 Å². The molecule has 4 nitrogen and oxygen atoms in total. The lowest BCUT2D eigenvalue weighted by atomic mass is 10.2. The average molecular weight is 272 g/mol. The van der Waals surface area contributed by atoms with Gasteiger partial charge in [-0.3, -0.25) is 0 Å². The van der Waals surface area contributed by atoms with Gasteiger partial charge < -0.3 is 9.64 Å². The third kappa shape index (κ3) is 3.56. The maximum absolute atomic E-state index is 6.17. The van der Waals surface area contributed by atoms with Crippen molar-refractivity contribution in [2.75, 3.05) is 25.2 Å². The smallest absolute Gasteiger partial charge is 0.137 e. The van der Waals surface area contributed by atoms with Crippen LogP contribution in [-0.2, 0) is 11.2 Å². The number of methoxy groups -OCH3 is 1. The average Bonchev–Trinajstić information content (AvgIpc) is 2.34. The topological polar surface area (TPSA) is 38.2 Å². The molecule has 0 aliphatic rings. The first-order valence-corrected chi connectivity index (χ1v) is 6.67. The fourth-order valence-corrected chi connectivity index (χ4v) is 1.94. The predicted octanol–water partition coefficient (Wildman–Crippen LogP) is 2.86. The number of hydrogen-bond acceptors (Lipinski definition) is 4. The number of anilines is 1. The summed E-state index contributed by atoms with van der Waals surface area (Å²) >= 11 is 6.17. The van der Waals surface area contributed by atoms with Crippen molar-refractivity contribution in [3.05, 3.63) is 16.5 Å². The highest BCUT2D eigenvalue weighted by Gasteiger charge is 2.17. The quantitative estimate of drug-likeness (QED) is 0.746. The van der Waals surface area contributed by atoms with Crippen molar-refractivity contribution in [1.82, 2.24) is 9.97 Å². The molecule has 0 unspecified atom stereocenters. The first-order chi connectivity index (χ1) is 8.51. The highest BCUT2D eigenvalue weighted by Crippen LogP contribution is 2.25. The molecule has 1 aromatic heterocycles. The van der Waals surface area contributed by atoms with Gasteiger partial charge in [-0.25, -0.2) is 9.97 Å². The van der Waals surface area contributed by atoms with E-state index in [-0.39, 0.29) is 0 Å². The molecular weight excluding hydrogens is 250 g/mol. The van der Waals surface area contributed by atoms with Gasteiger partial charge in [0.25, 0.3) is 0 Å². The van der Waals surface area contributed by atoms with E-state index >= 15 is 0 Å². The monoisotopic (exact) mass is 271 g/mol. The second-order valence-electron chi connectivity index (χ2n) is 4.51. The van der Waals surface area contributed by atoms with Gasteiger partial charge in [-0.2, -0.15) is 0 Å². The molecule has 5 heteroatoms. The Morgan fingerprint density at radius 2 is 2.00 bits per heavy atom. The van der Waals surface area contributed by atoms with E-state index in [1.807, 2.05) is 13.8 Å². The number of aromatic nitrogens is 2. The summed E-state index contributed by atoms with van der Waals surface area (Å²) in [5, 5.41) is 0.542. The Labute approximate surface area is 114 Å². The van der Waals surface area contributed by atoms with Crippen molar-refractivity contribution < 1.29 is 4.74 Å². The van der Waals surface area contributed by atoms with Gasteiger partial charge in [-0.15, -0.1) is 0 Å². The lowest BCUT2D eigenvalue weighted by Gasteiger charge is -2.29. The summed E-state index contributed by atoms with van der Waals surface area (Å²) in [5.74, 6) is 1.70. The van der Waals surface area contributed by atoms with E-state index in [0.717, 1.165) is 30.2 Å². The maximum atomic E-state index is 6.17. The standard InChI is InChI=1S/C13H22ClN3O/c1-6-11-15-12(14)10(4)13(16-11)17(9(2)3)7-8-18-5/h9H,6-8H2,1-5H3. The van der Waals surface area contributed by atoms with Crippen molar-refractivity contribution in [2.45, 2.75) is 40.2 Å². The van der Waals surface area contributed by atoms with Crippen LogP contribution >= 0.6 is 11.6 Å². The lowest BCUT2D eigenvalue weighted by Crippen LogP contribution is -2.35. The molecule has 0 aliphatic heterocycles. The van der Waals surface area contributed by atoms with Crippen molar-refractivity contribution in [2.24, 2.45) is 0 Å². The molecule has 0 spiro atoms. The molecular formula is C13H22ClN3O. The minimum atomic E-state index is 0.342. The van der Waals surface area contributed by atoms with Gasteiger partial charge in [-0.05, 0) is 20.8 Å². The molecule has 0 N–H and O–H groups in total. The van der Waals surface area contributed by atoms with Crippen molar-refractivity contribution in [1.29, 1.82) is 0 Å². The lowest BCUT2D eigenvalue weighted by molar-refractivity contribution is 0.203. The van der Waals surface area contributed by atoms with Gasteiger partial charge in [0.2, 0.25) is 0 Å². The summed E-state index contributed by atoms with van der Waals surface area (Å²) in [6.45, 7) is 9.72. The zero-order valence-corrected chi connectivity index (χ0v) is 12.6. The molecule has 0 amide bonds. The van der Waals surface area contributed by atoms with Crippen LogP contribution in [0.3, 0.4) is 0 Å². The number of hydrogen-bond donors (Lipinski definition) is 0. The van der Waals surface area contributed by atoms with Crippen molar-refractivity contribution in [3.8, 4) is 0 Å². The van der Waals surface area contributed by atoms with Crippen LogP contribution in [0.5, 0.6) is 0 Å². The van der Waals surface area contributed by atoms with E-state index in [2.05, 4.69) is 28.7 Å². The van der Waals surface area contributed by atoms with Gasteiger partial charge in [0, 0.05) is 31.7 Å². The molecule has 18 heavy (non-hydrogen) atoms. The minimum Gasteiger partial charge on any atom is -0.383 e. The molecule has 0 radical (unpaired) electrons. The summed E-state index contributed by atoms with van der Waals surface area (Å²) in [5.41, 5.74) is 0.929. The van der Waals surface area contributed by atoms with Gasteiger partial charge in [-0.1, -0.05) is 18.5 Å². The molecule has 102 valence electrons. The largest absolute Gasteiger partial charge is 0.383 e. The third-order valence-electron chi connectivity index (χ3n) is 2.85. The molecule has 0 saturated carbocycles. The molecule has 1 rings (SSSR count). The molecule has 0 fully saturated rings. The number of ether oxygens (including phenoxy) is 1. The first-order valence-electron chi connectivity index (χ1n) is 6.29. The molecule has 0 aliphatic carbocycles. The van der Waals surface area contributed by atoms with Crippen LogP contribution in [0.2, 0.25) is 5.15 Å². The third-order valence-corrected chi connectivity index (χ3v) is 3.22. The van der Waals surface area contributed by atoms with Gasteiger partial charge in [0.05, 0.1) is 6.61 Å². The van der Waals surface area contributed by atoms with E-state index < -0.39 is 0 Å². The molecule has 1 aromatic rings. The zero-order chi connectivity index (χ0) is 13.7. The Kier molecular flexibility index (Phi) is 5.82. The van der Waals surface area contributed by atoms with E-state index in [1.54, 1.807) is 7.11 Å². The van der Waals surface area contributed by atoms with Crippen LogP contribution < -0.4 is 4.90 Å².